The van der Waals surface area contributed by atoms with Crippen LogP contribution < -0.4 is 5.32 Å². The molecule has 0 saturated carbocycles. The molecule has 1 atom stereocenters. The maximum absolute atomic E-state index is 12.0. The quantitative estimate of drug-likeness (QED) is 0.338. The van der Waals surface area contributed by atoms with Crippen LogP contribution in [0.25, 0.3) is 0 Å². The van der Waals surface area contributed by atoms with Crippen LogP contribution in [0.5, 0.6) is 0 Å². The number of rotatable bonds is 8. The summed E-state index contributed by atoms with van der Waals surface area (Å²) in [7, 11) is 3.54. The first-order chi connectivity index (χ1) is 13.0. The largest absolute Gasteiger partial charge is 0.356 e. The molecule has 158 valence electrons. The molecule has 1 amide bonds. The van der Waals surface area contributed by atoms with E-state index in [4.69, 9.17) is 0 Å². The van der Waals surface area contributed by atoms with Crippen LogP contribution in [0.1, 0.15) is 25.8 Å². The average molecular weight is 501 g/mol. The molecule has 1 aliphatic heterocycles. The molecular formula is C21H36IN5O. The van der Waals surface area contributed by atoms with Crippen LogP contribution in [-0.4, -0.2) is 86.0 Å². The molecule has 1 heterocycles. The lowest BCUT2D eigenvalue weighted by atomic mass is 10.1. The molecule has 0 bridgehead atoms. The number of nitrogens with one attached hydrogen (secondary N) is 1. The van der Waals surface area contributed by atoms with Gasteiger partial charge in [0.15, 0.2) is 5.96 Å². The standard InChI is InChI=1S/C21H35N5O.HI/c1-5-25(6-2)19-13-15-26(17-19)21(23-16-20(27)24(3)4)22-14-12-18-10-8-7-9-11-18;/h7-11,19H,5-6,12-17H2,1-4H3,(H,22,23);1H. The second-order valence-corrected chi connectivity index (χ2v) is 7.20. The van der Waals surface area contributed by atoms with E-state index in [9.17, 15) is 4.79 Å². The number of benzene rings is 1. The SMILES string of the molecule is CCN(CC)C1CCN(C(=NCC(=O)N(C)C)NCCc2ccccc2)C1.I. The van der Waals surface area contributed by atoms with E-state index in [0.29, 0.717) is 6.04 Å². The minimum atomic E-state index is 0. The van der Waals surface area contributed by atoms with Crippen molar-refractivity contribution in [2.75, 3.05) is 53.4 Å². The zero-order chi connectivity index (χ0) is 19.6. The smallest absolute Gasteiger partial charge is 0.243 e. The number of carbonyl (C=O) groups is 1. The van der Waals surface area contributed by atoms with Crippen molar-refractivity contribution >= 4 is 35.8 Å². The predicted molar refractivity (Wildman–Crippen MR) is 127 cm³/mol. The molecule has 1 fully saturated rings. The van der Waals surface area contributed by atoms with Gasteiger partial charge in [-0.3, -0.25) is 9.69 Å². The molecule has 6 nitrogen and oxygen atoms in total. The van der Waals surface area contributed by atoms with Crippen molar-refractivity contribution < 1.29 is 4.79 Å². The highest BCUT2D eigenvalue weighted by Crippen LogP contribution is 2.15. The third-order valence-electron chi connectivity index (χ3n) is 5.19. The molecular weight excluding hydrogens is 465 g/mol. The Morgan fingerprint density at radius 3 is 2.50 bits per heavy atom. The highest BCUT2D eigenvalue weighted by molar-refractivity contribution is 14.0. The molecule has 1 aromatic rings. The van der Waals surface area contributed by atoms with Gasteiger partial charge < -0.3 is 15.1 Å². The van der Waals surface area contributed by atoms with E-state index < -0.39 is 0 Å². The van der Waals surface area contributed by atoms with Crippen LogP contribution in [0.2, 0.25) is 0 Å². The van der Waals surface area contributed by atoms with Crippen molar-refractivity contribution in [2.24, 2.45) is 4.99 Å². The van der Waals surface area contributed by atoms with Gasteiger partial charge in [-0.25, -0.2) is 4.99 Å². The van der Waals surface area contributed by atoms with E-state index in [-0.39, 0.29) is 36.4 Å². The highest BCUT2D eigenvalue weighted by atomic mass is 127. The van der Waals surface area contributed by atoms with Crippen LogP contribution in [0, 0.1) is 0 Å². The van der Waals surface area contributed by atoms with Crippen molar-refractivity contribution in [1.82, 2.24) is 20.0 Å². The molecule has 1 unspecified atom stereocenters. The van der Waals surface area contributed by atoms with E-state index in [1.54, 1.807) is 19.0 Å². The van der Waals surface area contributed by atoms with Crippen molar-refractivity contribution in [3.05, 3.63) is 35.9 Å². The Morgan fingerprint density at radius 1 is 1.21 bits per heavy atom. The fourth-order valence-corrected chi connectivity index (χ4v) is 3.49. The Labute approximate surface area is 187 Å². The summed E-state index contributed by atoms with van der Waals surface area (Å²) < 4.78 is 0. The summed E-state index contributed by atoms with van der Waals surface area (Å²) in [6, 6.07) is 11.0. The summed E-state index contributed by atoms with van der Waals surface area (Å²) in [4.78, 5) is 23.0. The predicted octanol–water partition coefficient (Wildman–Crippen LogP) is 2.30. The number of amides is 1. The van der Waals surface area contributed by atoms with Gasteiger partial charge >= 0.3 is 0 Å². The molecule has 1 N–H and O–H groups in total. The maximum atomic E-state index is 12.0. The minimum Gasteiger partial charge on any atom is -0.356 e. The minimum absolute atomic E-state index is 0. The molecule has 7 heteroatoms. The van der Waals surface area contributed by atoms with E-state index >= 15 is 0 Å². The Bertz CT molecular complexity index is 604. The molecule has 0 aliphatic carbocycles. The summed E-state index contributed by atoms with van der Waals surface area (Å²) in [6.07, 6.45) is 2.08. The van der Waals surface area contributed by atoms with E-state index in [1.807, 2.05) is 6.07 Å². The first-order valence-electron chi connectivity index (χ1n) is 10.1. The Hall–Kier alpha value is -1.35. The normalized spacial score (nSPS) is 16.8. The molecule has 0 spiro atoms. The first-order valence-corrected chi connectivity index (χ1v) is 10.1. The molecule has 1 aromatic carbocycles. The van der Waals surface area contributed by atoms with Gasteiger partial charge in [-0.05, 0) is 31.5 Å². The van der Waals surface area contributed by atoms with E-state index in [2.05, 4.69) is 58.2 Å². The van der Waals surface area contributed by atoms with Gasteiger partial charge in [-0.2, -0.15) is 0 Å². The number of carbonyl (C=O) groups excluding carboxylic acids is 1. The third-order valence-corrected chi connectivity index (χ3v) is 5.19. The summed E-state index contributed by atoms with van der Waals surface area (Å²) >= 11 is 0. The van der Waals surface area contributed by atoms with Crippen LogP contribution in [-0.2, 0) is 11.2 Å². The second-order valence-electron chi connectivity index (χ2n) is 7.20. The summed E-state index contributed by atoms with van der Waals surface area (Å²) in [6.45, 7) is 9.52. The zero-order valence-electron chi connectivity index (χ0n) is 17.7. The van der Waals surface area contributed by atoms with Gasteiger partial charge in [0.1, 0.15) is 6.54 Å². The van der Waals surface area contributed by atoms with Crippen LogP contribution in [0.3, 0.4) is 0 Å². The number of halogens is 1. The monoisotopic (exact) mass is 501 g/mol. The molecule has 1 saturated heterocycles. The molecule has 2 rings (SSSR count). The number of likely N-dealkylation sites (N-methyl/N-ethyl adjacent to an activating group) is 2. The molecule has 28 heavy (non-hydrogen) atoms. The number of likely N-dealkylation sites (tertiary alicyclic amines) is 1. The van der Waals surface area contributed by atoms with Crippen molar-refractivity contribution in [3.63, 3.8) is 0 Å². The van der Waals surface area contributed by atoms with Crippen molar-refractivity contribution in [2.45, 2.75) is 32.7 Å². The molecule has 0 aromatic heterocycles. The van der Waals surface area contributed by atoms with Gasteiger partial charge in [-0.1, -0.05) is 44.2 Å². The maximum Gasteiger partial charge on any atom is 0.243 e. The van der Waals surface area contributed by atoms with Gasteiger partial charge in [-0.15, -0.1) is 24.0 Å². The molecule has 0 radical (unpaired) electrons. The number of hydrogen-bond donors (Lipinski definition) is 1. The lowest BCUT2D eigenvalue weighted by Crippen LogP contribution is -2.44. The van der Waals surface area contributed by atoms with Crippen LogP contribution in [0.15, 0.2) is 35.3 Å². The Morgan fingerprint density at radius 2 is 1.89 bits per heavy atom. The first kappa shape index (κ1) is 24.7. The second kappa shape index (κ2) is 13.0. The summed E-state index contributed by atoms with van der Waals surface area (Å²) in [5, 5.41) is 3.49. The lowest BCUT2D eigenvalue weighted by molar-refractivity contribution is -0.127. The van der Waals surface area contributed by atoms with Gasteiger partial charge in [0.2, 0.25) is 5.91 Å². The molecule has 1 aliphatic rings. The Balaban J connectivity index is 0.00000392. The zero-order valence-corrected chi connectivity index (χ0v) is 20.1. The van der Waals surface area contributed by atoms with Crippen molar-refractivity contribution in [1.29, 1.82) is 0 Å². The number of nitrogens with zero attached hydrogens (tertiary/aromatic N) is 4. The summed E-state index contributed by atoms with van der Waals surface area (Å²) in [5.41, 5.74) is 1.30. The van der Waals surface area contributed by atoms with Crippen LogP contribution in [0.4, 0.5) is 0 Å². The van der Waals surface area contributed by atoms with E-state index in [1.165, 1.54) is 5.56 Å². The van der Waals surface area contributed by atoms with Gasteiger partial charge in [0.25, 0.3) is 0 Å². The summed E-state index contributed by atoms with van der Waals surface area (Å²) in [5.74, 6) is 0.882. The van der Waals surface area contributed by atoms with Gasteiger partial charge in [0.05, 0.1) is 0 Å². The van der Waals surface area contributed by atoms with Crippen LogP contribution >= 0.6 is 24.0 Å². The van der Waals surface area contributed by atoms with Crippen molar-refractivity contribution in [3.8, 4) is 0 Å². The number of guanidine groups is 1. The fourth-order valence-electron chi connectivity index (χ4n) is 3.49. The van der Waals surface area contributed by atoms with Gasteiger partial charge in [0, 0.05) is 39.8 Å². The number of hydrogen-bond acceptors (Lipinski definition) is 3. The van der Waals surface area contributed by atoms with E-state index in [0.717, 1.165) is 51.5 Å². The Kier molecular flexibility index (Phi) is 11.4. The third kappa shape index (κ3) is 7.58. The average Bonchev–Trinajstić information content (AvgIpc) is 3.15. The number of aliphatic imine (C=N–C) groups is 1. The topological polar surface area (TPSA) is 51.2 Å². The highest BCUT2D eigenvalue weighted by Gasteiger charge is 2.28. The lowest BCUT2D eigenvalue weighted by Gasteiger charge is -2.27. The fraction of sp³-hybridized carbons (Fsp3) is 0.619.